The van der Waals surface area contributed by atoms with Gasteiger partial charge in [-0.25, -0.2) is 4.79 Å². The smallest absolute Gasteiger partial charge is 0.317 e. The highest BCUT2D eigenvalue weighted by molar-refractivity contribution is 5.74. The van der Waals surface area contributed by atoms with Crippen molar-refractivity contribution in [3.05, 3.63) is 0 Å². The van der Waals surface area contributed by atoms with Crippen LogP contribution in [0.2, 0.25) is 0 Å². The summed E-state index contributed by atoms with van der Waals surface area (Å²) in [7, 11) is 1.68. The predicted octanol–water partition coefficient (Wildman–Crippen LogP) is 0.385. The zero-order valence-corrected chi connectivity index (χ0v) is 8.70. The molecule has 3 N–H and O–H groups in total. The van der Waals surface area contributed by atoms with Crippen LogP contribution in [0.25, 0.3) is 0 Å². The fourth-order valence-corrected chi connectivity index (χ4v) is 2.84. The second-order valence-electron chi connectivity index (χ2n) is 4.48. The monoisotopic (exact) mass is 197 g/mol. The van der Waals surface area contributed by atoms with E-state index in [2.05, 4.69) is 5.32 Å². The second kappa shape index (κ2) is 3.77. The quantitative estimate of drug-likeness (QED) is 0.590. The zero-order chi connectivity index (χ0) is 10.1. The predicted molar refractivity (Wildman–Crippen MR) is 54.8 cm³/mol. The van der Waals surface area contributed by atoms with E-state index in [1.807, 2.05) is 4.90 Å². The molecule has 1 heterocycles. The molecule has 3 atom stereocenters. The van der Waals surface area contributed by atoms with Crippen molar-refractivity contribution in [3.63, 3.8) is 0 Å². The Kier molecular flexibility index (Phi) is 2.63. The summed E-state index contributed by atoms with van der Waals surface area (Å²) in [5, 5.41) is 2.68. The Morgan fingerprint density at radius 2 is 2.21 bits per heavy atom. The van der Waals surface area contributed by atoms with Gasteiger partial charge in [0, 0.05) is 26.2 Å². The van der Waals surface area contributed by atoms with Crippen molar-refractivity contribution in [1.82, 2.24) is 10.2 Å². The van der Waals surface area contributed by atoms with Crippen LogP contribution in [0.5, 0.6) is 0 Å². The van der Waals surface area contributed by atoms with Gasteiger partial charge in [0.1, 0.15) is 0 Å². The number of carbonyl (C=O) groups excluding carboxylic acids is 1. The molecule has 14 heavy (non-hydrogen) atoms. The van der Waals surface area contributed by atoms with Gasteiger partial charge in [0.15, 0.2) is 0 Å². The highest BCUT2D eigenvalue weighted by atomic mass is 16.2. The number of rotatable bonds is 0. The van der Waals surface area contributed by atoms with Gasteiger partial charge in [-0.2, -0.15) is 0 Å². The van der Waals surface area contributed by atoms with Crippen LogP contribution < -0.4 is 11.1 Å². The number of nitrogens with one attached hydrogen (secondary N) is 1. The molecule has 0 spiro atoms. The topological polar surface area (TPSA) is 58.4 Å². The summed E-state index contributed by atoms with van der Waals surface area (Å²) < 4.78 is 0. The lowest BCUT2D eigenvalue weighted by atomic mass is 9.78. The van der Waals surface area contributed by atoms with Crippen molar-refractivity contribution in [2.75, 3.05) is 20.1 Å². The van der Waals surface area contributed by atoms with E-state index < -0.39 is 0 Å². The maximum atomic E-state index is 11.4. The van der Waals surface area contributed by atoms with Gasteiger partial charge in [-0.05, 0) is 24.7 Å². The number of carbonyl (C=O) groups is 1. The SMILES string of the molecule is CNC(=O)N1CC2CCCC(N)C2C1. The first kappa shape index (κ1) is 9.77. The van der Waals surface area contributed by atoms with Crippen LogP contribution in [0.4, 0.5) is 4.79 Å². The van der Waals surface area contributed by atoms with Crippen LogP contribution >= 0.6 is 0 Å². The lowest BCUT2D eigenvalue weighted by molar-refractivity contribution is 0.208. The Bertz CT molecular complexity index is 231. The van der Waals surface area contributed by atoms with Crippen molar-refractivity contribution < 1.29 is 4.79 Å². The van der Waals surface area contributed by atoms with Gasteiger partial charge in [0.2, 0.25) is 0 Å². The average molecular weight is 197 g/mol. The number of hydrogen-bond acceptors (Lipinski definition) is 2. The summed E-state index contributed by atoms with van der Waals surface area (Å²) in [4.78, 5) is 13.3. The van der Waals surface area contributed by atoms with Gasteiger partial charge < -0.3 is 16.0 Å². The second-order valence-corrected chi connectivity index (χ2v) is 4.48. The van der Waals surface area contributed by atoms with Crippen LogP contribution in [0.3, 0.4) is 0 Å². The van der Waals surface area contributed by atoms with Gasteiger partial charge in [-0.1, -0.05) is 6.42 Å². The van der Waals surface area contributed by atoms with E-state index in [0.717, 1.165) is 19.5 Å². The molecule has 1 saturated carbocycles. The minimum Gasteiger partial charge on any atom is -0.341 e. The Hall–Kier alpha value is -0.770. The molecule has 1 aliphatic heterocycles. The minimum atomic E-state index is 0.0478. The molecule has 2 fully saturated rings. The lowest BCUT2D eigenvalue weighted by Gasteiger charge is -2.29. The van der Waals surface area contributed by atoms with Gasteiger partial charge in [-0.15, -0.1) is 0 Å². The molecule has 0 radical (unpaired) electrons. The molecule has 1 aliphatic carbocycles. The fraction of sp³-hybridized carbons (Fsp3) is 0.900. The molecule has 4 nitrogen and oxygen atoms in total. The zero-order valence-electron chi connectivity index (χ0n) is 8.70. The lowest BCUT2D eigenvalue weighted by Crippen LogP contribution is -2.39. The third kappa shape index (κ3) is 1.59. The first-order valence-electron chi connectivity index (χ1n) is 5.44. The first-order valence-corrected chi connectivity index (χ1v) is 5.44. The summed E-state index contributed by atoms with van der Waals surface area (Å²) in [5.74, 6) is 1.19. The molecule has 0 aromatic carbocycles. The maximum Gasteiger partial charge on any atom is 0.317 e. The summed E-state index contributed by atoms with van der Waals surface area (Å²) in [6.45, 7) is 1.75. The van der Waals surface area contributed by atoms with Crippen molar-refractivity contribution >= 4 is 6.03 Å². The summed E-state index contributed by atoms with van der Waals surface area (Å²) >= 11 is 0. The number of amides is 2. The number of hydrogen-bond donors (Lipinski definition) is 2. The number of fused-ring (bicyclic) bond motifs is 1. The highest BCUT2D eigenvalue weighted by Crippen LogP contribution is 2.35. The van der Waals surface area contributed by atoms with Crippen molar-refractivity contribution in [1.29, 1.82) is 0 Å². The number of nitrogens with zero attached hydrogens (tertiary/aromatic N) is 1. The molecule has 3 unspecified atom stereocenters. The molecule has 0 bridgehead atoms. The Morgan fingerprint density at radius 3 is 2.86 bits per heavy atom. The molecule has 2 rings (SSSR count). The van der Waals surface area contributed by atoms with Gasteiger partial charge in [0.25, 0.3) is 0 Å². The molecule has 1 saturated heterocycles. The first-order chi connectivity index (χ1) is 6.72. The number of nitrogens with two attached hydrogens (primary N) is 1. The Morgan fingerprint density at radius 1 is 1.43 bits per heavy atom. The summed E-state index contributed by atoms with van der Waals surface area (Å²) in [5.41, 5.74) is 6.07. The van der Waals surface area contributed by atoms with Crippen LogP contribution in [0, 0.1) is 11.8 Å². The highest BCUT2D eigenvalue weighted by Gasteiger charge is 2.39. The number of urea groups is 1. The van der Waals surface area contributed by atoms with Crippen molar-refractivity contribution in [2.24, 2.45) is 17.6 Å². The molecule has 0 aromatic rings. The van der Waals surface area contributed by atoms with E-state index in [0.29, 0.717) is 17.9 Å². The van der Waals surface area contributed by atoms with Crippen LogP contribution in [-0.4, -0.2) is 37.1 Å². The molecule has 80 valence electrons. The molecule has 4 heteroatoms. The van der Waals surface area contributed by atoms with Crippen LogP contribution in [-0.2, 0) is 0 Å². The van der Waals surface area contributed by atoms with Gasteiger partial charge >= 0.3 is 6.03 Å². The largest absolute Gasteiger partial charge is 0.341 e. The molecule has 2 amide bonds. The van der Waals surface area contributed by atoms with E-state index in [1.165, 1.54) is 12.8 Å². The van der Waals surface area contributed by atoms with Gasteiger partial charge in [-0.3, -0.25) is 0 Å². The molecular weight excluding hydrogens is 178 g/mol. The van der Waals surface area contributed by atoms with E-state index in [9.17, 15) is 4.79 Å². The Labute approximate surface area is 84.8 Å². The van der Waals surface area contributed by atoms with Crippen molar-refractivity contribution in [2.45, 2.75) is 25.3 Å². The fourth-order valence-electron chi connectivity index (χ4n) is 2.84. The average Bonchev–Trinajstić information content (AvgIpc) is 2.62. The molecule has 0 aromatic heterocycles. The molecule has 2 aliphatic rings. The maximum absolute atomic E-state index is 11.4. The van der Waals surface area contributed by atoms with E-state index in [4.69, 9.17) is 5.73 Å². The number of likely N-dealkylation sites (tertiary alicyclic amines) is 1. The van der Waals surface area contributed by atoms with Crippen LogP contribution in [0.1, 0.15) is 19.3 Å². The van der Waals surface area contributed by atoms with E-state index in [-0.39, 0.29) is 6.03 Å². The van der Waals surface area contributed by atoms with Crippen molar-refractivity contribution in [3.8, 4) is 0 Å². The summed E-state index contributed by atoms with van der Waals surface area (Å²) in [6, 6.07) is 0.356. The van der Waals surface area contributed by atoms with E-state index >= 15 is 0 Å². The minimum absolute atomic E-state index is 0.0478. The normalized spacial score (nSPS) is 36.7. The summed E-state index contributed by atoms with van der Waals surface area (Å²) in [6.07, 6.45) is 3.60. The third-order valence-corrected chi connectivity index (χ3v) is 3.65. The van der Waals surface area contributed by atoms with E-state index in [1.54, 1.807) is 7.05 Å². The Balaban J connectivity index is 2.00. The van der Waals surface area contributed by atoms with Crippen LogP contribution in [0.15, 0.2) is 0 Å². The molecular formula is C10H19N3O. The third-order valence-electron chi connectivity index (χ3n) is 3.65. The van der Waals surface area contributed by atoms with Gasteiger partial charge in [0.05, 0.1) is 0 Å². The standard InChI is InChI=1S/C10H19N3O/c1-12-10(14)13-5-7-3-2-4-9(11)8(7)6-13/h7-9H,2-6,11H2,1H3,(H,12,14).